The summed E-state index contributed by atoms with van der Waals surface area (Å²) in [4.78, 5) is 6.81. The monoisotopic (exact) mass is 361 g/mol. The molecule has 0 spiro atoms. The second kappa shape index (κ2) is 8.76. The number of hydrogen-bond acceptors (Lipinski definition) is 2. The van der Waals surface area contributed by atoms with Crippen LogP contribution in [0.4, 0.5) is 8.78 Å². The Balaban J connectivity index is 1.53. The summed E-state index contributed by atoms with van der Waals surface area (Å²) in [6, 6.07) is 3.91. The van der Waals surface area contributed by atoms with Crippen molar-refractivity contribution in [2.45, 2.75) is 52.6 Å². The van der Waals surface area contributed by atoms with E-state index in [2.05, 4.69) is 28.3 Å². The Bertz CT molecular complexity index is 711. The quantitative estimate of drug-likeness (QED) is 0.715. The molecule has 0 bridgehead atoms. The first-order chi connectivity index (χ1) is 12.5. The van der Waals surface area contributed by atoms with E-state index in [1.165, 1.54) is 24.6 Å². The fourth-order valence-corrected chi connectivity index (χ4v) is 3.88. The van der Waals surface area contributed by atoms with Gasteiger partial charge in [0.1, 0.15) is 11.6 Å². The third-order valence-corrected chi connectivity index (χ3v) is 5.19. The van der Waals surface area contributed by atoms with Crippen LogP contribution in [0, 0.1) is 23.5 Å². The topological polar surface area (TPSA) is 21.1 Å². The standard InChI is InChI=1S/C21H29F2N3/c1-16(2)12-26-15-24-11-20(26)14-25-9-3-4-17(13-25)5-6-18-7-8-19(22)10-21(18)23/h7-8,10-11,15-17H,3-6,9,12-14H2,1-2H3/t17-/m1/s1. The summed E-state index contributed by atoms with van der Waals surface area (Å²) in [6.45, 7) is 8.50. The number of hydrogen-bond donors (Lipinski definition) is 0. The Morgan fingerprint density at radius 1 is 1.27 bits per heavy atom. The maximum Gasteiger partial charge on any atom is 0.129 e. The van der Waals surface area contributed by atoms with E-state index >= 15 is 0 Å². The summed E-state index contributed by atoms with van der Waals surface area (Å²) < 4.78 is 29.1. The van der Waals surface area contributed by atoms with Gasteiger partial charge in [0.25, 0.3) is 0 Å². The van der Waals surface area contributed by atoms with Crippen LogP contribution in [0.1, 0.15) is 44.4 Å². The zero-order valence-electron chi connectivity index (χ0n) is 15.8. The number of likely N-dealkylation sites (tertiary alicyclic amines) is 1. The lowest BCUT2D eigenvalue weighted by atomic mass is 9.91. The van der Waals surface area contributed by atoms with Crippen LogP contribution in [0.25, 0.3) is 0 Å². The van der Waals surface area contributed by atoms with Gasteiger partial charge in [-0.15, -0.1) is 0 Å². The largest absolute Gasteiger partial charge is 0.333 e. The molecule has 1 aliphatic heterocycles. The van der Waals surface area contributed by atoms with Crippen molar-refractivity contribution in [3.05, 3.63) is 53.6 Å². The highest BCUT2D eigenvalue weighted by molar-refractivity contribution is 5.18. The fraction of sp³-hybridized carbons (Fsp3) is 0.571. The van der Waals surface area contributed by atoms with E-state index in [0.29, 0.717) is 23.8 Å². The van der Waals surface area contributed by atoms with Gasteiger partial charge in [0.05, 0.1) is 12.0 Å². The number of benzene rings is 1. The van der Waals surface area contributed by atoms with Crippen molar-refractivity contribution in [3.63, 3.8) is 0 Å². The molecule has 0 radical (unpaired) electrons. The van der Waals surface area contributed by atoms with Crippen molar-refractivity contribution < 1.29 is 8.78 Å². The molecule has 1 aromatic carbocycles. The molecule has 26 heavy (non-hydrogen) atoms. The maximum atomic E-state index is 13.8. The highest BCUT2D eigenvalue weighted by Gasteiger charge is 2.21. The highest BCUT2D eigenvalue weighted by atomic mass is 19.1. The third kappa shape index (κ3) is 5.13. The molecule has 1 aliphatic rings. The van der Waals surface area contributed by atoms with Gasteiger partial charge in [-0.1, -0.05) is 19.9 Å². The van der Waals surface area contributed by atoms with E-state index in [1.54, 1.807) is 6.07 Å². The number of nitrogens with zero attached hydrogens (tertiary/aromatic N) is 3. The van der Waals surface area contributed by atoms with E-state index in [9.17, 15) is 8.78 Å². The number of aryl methyl sites for hydroxylation is 1. The van der Waals surface area contributed by atoms with Crippen LogP contribution in [0.5, 0.6) is 0 Å². The highest BCUT2D eigenvalue weighted by Crippen LogP contribution is 2.24. The predicted molar refractivity (Wildman–Crippen MR) is 99.7 cm³/mol. The van der Waals surface area contributed by atoms with Crippen LogP contribution in [0.3, 0.4) is 0 Å². The molecule has 1 atom stereocenters. The Labute approximate surface area is 155 Å². The van der Waals surface area contributed by atoms with Crippen molar-refractivity contribution in [2.24, 2.45) is 11.8 Å². The molecule has 142 valence electrons. The van der Waals surface area contributed by atoms with Gasteiger partial charge in [-0.25, -0.2) is 13.8 Å². The van der Waals surface area contributed by atoms with Crippen LogP contribution in [0.15, 0.2) is 30.7 Å². The van der Waals surface area contributed by atoms with Crippen LogP contribution in [-0.4, -0.2) is 27.5 Å². The van der Waals surface area contributed by atoms with Crippen molar-refractivity contribution in [1.82, 2.24) is 14.5 Å². The maximum absolute atomic E-state index is 13.8. The number of rotatable bonds is 7. The van der Waals surface area contributed by atoms with Gasteiger partial charge in [-0.3, -0.25) is 4.90 Å². The molecule has 0 amide bonds. The van der Waals surface area contributed by atoms with Gasteiger partial charge < -0.3 is 4.57 Å². The second-order valence-electron chi connectivity index (χ2n) is 7.95. The minimum absolute atomic E-state index is 0.421. The first-order valence-corrected chi connectivity index (χ1v) is 9.66. The lowest BCUT2D eigenvalue weighted by Crippen LogP contribution is -2.35. The third-order valence-electron chi connectivity index (χ3n) is 5.19. The smallest absolute Gasteiger partial charge is 0.129 e. The average molecular weight is 361 g/mol. The molecule has 1 saturated heterocycles. The lowest BCUT2D eigenvalue weighted by molar-refractivity contribution is 0.158. The molecule has 1 fully saturated rings. The van der Waals surface area contributed by atoms with Crippen molar-refractivity contribution in [3.8, 4) is 0 Å². The van der Waals surface area contributed by atoms with Gasteiger partial charge in [0.2, 0.25) is 0 Å². The normalized spacial score (nSPS) is 18.6. The van der Waals surface area contributed by atoms with E-state index in [-0.39, 0.29) is 0 Å². The summed E-state index contributed by atoms with van der Waals surface area (Å²) in [7, 11) is 0. The number of piperidine rings is 1. The van der Waals surface area contributed by atoms with Crippen LogP contribution in [0.2, 0.25) is 0 Å². The Morgan fingerprint density at radius 3 is 2.88 bits per heavy atom. The van der Waals surface area contributed by atoms with Gasteiger partial charge in [-0.2, -0.15) is 0 Å². The SMILES string of the molecule is CC(C)Cn1cncc1CN1CCC[C@H](CCc2ccc(F)cc2F)C1. The van der Waals surface area contributed by atoms with Crippen molar-refractivity contribution in [2.75, 3.05) is 13.1 Å². The summed E-state index contributed by atoms with van der Waals surface area (Å²) >= 11 is 0. The van der Waals surface area contributed by atoms with E-state index in [4.69, 9.17) is 0 Å². The number of imidazole rings is 1. The molecular formula is C21H29F2N3. The molecule has 5 heteroatoms. The van der Waals surface area contributed by atoms with Crippen LogP contribution < -0.4 is 0 Å². The molecule has 3 nitrogen and oxygen atoms in total. The van der Waals surface area contributed by atoms with Gasteiger partial charge in [-0.05, 0) is 55.7 Å². The van der Waals surface area contributed by atoms with Crippen LogP contribution >= 0.6 is 0 Å². The minimum atomic E-state index is -0.506. The second-order valence-corrected chi connectivity index (χ2v) is 7.95. The Hall–Kier alpha value is -1.75. The molecule has 3 rings (SSSR count). The summed E-state index contributed by atoms with van der Waals surface area (Å²) in [5.74, 6) is 0.237. The Morgan fingerprint density at radius 2 is 2.12 bits per heavy atom. The molecular weight excluding hydrogens is 332 g/mol. The minimum Gasteiger partial charge on any atom is -0.333 e. The average Bonchev–Trinajstić information content (AvgIpc) is 3.00. The molecule has 2 heterocycles. The van der Waals surface area contributed by atoms with E-state index in [1.807, 2.05) is 12.5 Å². The fourth-order valence-electron chi connectivity index (χ4n) is 3.88. The van der Waals surface area contributed by atoms with Gasteiger partial charge in [0.15, 0.2) is 0 Å². The first kappa shape index (κ1) is 19.0. The summed E-state index contributed by atoms with van der Waals surface area (Å²) in [5.41, 5.74) is 1.89. The van der Waals surface area contributed by atoms with Crippen molar-refractivity contribution >= 4 is 0 Å². The molecule has 0 unspecified atom stereocenters. The van der Waals surface area contributed by atoms with E-state index < -0.39 is 11.6 Å². The molecule has 0 saturated carbocycles. The number of halogens is 2. The summed E-state index contributed by atoms with van der Waals surface area (Å²) in [6.07, 6.45) is 7.88. The van der Waals surface area contributed by atoms with Gasteiger partial charge >= 0.3 is 0 Å². The molecule has 0 N–H and O–H groups in total. The molecule has 0 aliphatic carbocycles. The first-order valence-electron chi connectivity index (χ1n) is 9.66. The number of aromatic nitrogens is 2. The summed E-state index contributed by atoms with van der Waals surface area (Å²) in [5, 5.41) is 0. The molecule has 2 aromatic rings. The van der Waals surface area contributed by atoms with E-state index in [0.717, 1.165) is 38.7 Å². The van der Waals surface area contributed by atoms with Gasteiger partial charge in [0, 0.05) is 31.9 Å². The molecule has 1 aromatic heterocycles. The lowest BCUT2D eigenvalue weighted by Gasteiger charge is -2.33. The van der Waals surface area contributed by atoms with Crippen LogP contribution in [-0.2, 0) is 19.5 Å². The predicted octanol–water partition coefficient (Wildman–Crippen LogP) is 4.66. The zero-order chi connectivity index (χ0) is 18.5. The Kier molecular flexibility index (Phi) is 6.41. The van der Waals surface area contributed by atoms with Crippen molar-refractivity contribution in [1.29, 1.82) is 0 Å². The zero-order valence-corrected chi connectivity index (χ0v) is 15.8.